The average molecular weight is 280 g/mol. The van der Waals surface area contributed by atoms with Gasteiger partial charge in [-0.05, 0) is 30.5 Å². The van der Waals surface area contributed by atoms with E-state index in [0.29, 0.717) is 11.1 Å². The molecule has 0 aliphatic rings. The Hall–Kier alpha value is -1.90. The van der Waals surface area contributed by atoms with Crippen molar-refractivity contribution in [2.24, 2.45) is 5.73 Å². The zero-order chi connectivity index (χ0) is 15.3. The lowest BCUT2D eigenvalue weighted by Gasteiger charge is -2.19. The second kappa shape index (κ2) is 7.04. The number of carbonyl (C=O) groups is 2. The van der Waals surface area contributed by atoms with Crippen molar-refractivity contribution in [1.82, 2.24) is 5.32 Å². The molecule has 0 spiro atoms. The van der Waals surface area contributed by atoms with E-state index < -0.39 is 24.9 Å². The van der Waals surface area contributed by atoms with Crippen LogP contribution in [0.5, 0.6) is 0 Å². The van der Waals surface area contributed by atoms with E-state index in [0.717, 1.165) is 0 Å². The van der Waals surface area contributed by atoms with E-state index in [9.17, 15) is 19.6 Å². The molecule has 7 nitrogen and oxygen atoms in total. The van der Waals surface area contributed by atoms with Gasteiger partial charge >= 0.3 is 13.1 Å². The van der Waals surface area contributed by atoms with Crippen molar-refractivity contribution in [3.8, 4) is 0 Å². The van der Waals surface area contributed by atoms with Crippen molar-refractivity contribution < 1.29 is 24.7 Å². The first kappa shape index (κ1) is 16.2. The third-order valence-electron chi connectivity index (χ3n) is 3.01. The standard InChI is InChI=1S/C12H17BN2O5/c1-7-8(3-2-4-9(7)12(17)18)5-10(13(19)20)15-11(16)6-14/h2-4,10,19-20H,5-6,14H2,1H3,(H,15,16)(H,17,18). The maximum atomic E-state index is 11.2. The number of aromatic carboxylic acids is 1. The lowest BCUT2D eigenvalue weighted by Crippen LogP contribution is -2.49. The predicted octanol–water partition coefficient (Wildman–Crippen LogP) is -1.31. The summed E-state index contributed by atoms with van der Waals surface area (Å²) >= 11 is 0. The lowest BCUT2D eigenvalue weighted by atomic mass is 9.75. The number of nitrogens with one attached hydrogen (secondary N) is 1. The highest BCUT2D eigenvalue weighted by molar-refractivity contribution is 6.43. The van der Waals surface area contributed by atoms with E-state index in [1.54, 1.807) is 19.1 Å². The number of rotatable bonds is 6. The van der Waals surface area contributed by atoms with Gasteiger partial charge in [0.2, 0.25) is 5.91 Å². The summed E-state index contributed by atoms with van der Waals surface area (Å²) in [5.74, 6) is -2.53. The molecule has 0 fully saturated rings. The van der Waals surface area contributed by atoms with Crippen LogP contribution in [-0.2, 0) is 11.2 Å². The van der Waals surface area contributed by atoms with Gasteiger partial charge in [0.15, 0.2) is 0 Å². The molecule has 1 atom stereocenters. The maximum absolute atomic E-state index is 11.2. The summed E-state index contributed by atoms with van der Waals surface area (Å²) in [6, 6.07) is 4.70. The van der Waals surface area contributed by atoms with Crippen LogP contribution in [0.15, 0.2) is 18.2 Å². The molecule has 0 radical (unpaired) electrons. The van der Waals surface area contributed by atoms with Gasteiger partial charge in [-0.15, -0.1) is 0 Å². The number of hydrogen-bond acceptors (Lipinski definition) is 5. The quantitative estimate of drug-likeness (QED) is 0.411. The smallest absolute Gasteiger partial charge is 0.475 e. The largest absolute Gasteiger partial charge is 0.478 e. The number of benzene rings is 1. The molecule has 1 unspecified atom stereocenters. The topological polar surface area (TPSA) is 133 Å². The fraction of sp³-hybridized carbons (Fsp3) is 0.333. The van der Waals surface area contributed by atoms with Crippen LogP contribution in [0, 0.1) is 6.92 Å². The Morgan fingerprint density at radius 1 is 1.40 bits per heavy atom. The van der Waals surface area contributed by atoms with Crippen LogP contribution in [0.4, 0.5) is 0 Å². The van der Waals surface area contributed by atoms with Crippen LogP contribution < -0.4 is 11.1 Å². The zero-order valence-electron chi connectivity index (χ0n) is 11.0. The molecule has 0 aliphatic carbocycles. The van der Waals surface area contributed by atoms with E-state index in [1.807, 2.05) is 0 Å². The normalized spacial score (nSPS) is 11.8. The first-order valence-corrected chi connectivity index (χ1v) is 6.04. The minimum Gasteiger partial charge on any atom is -0.478 e. The van der Waals surface area contributed by atoms with Gasteiger partial charge in [0.05, 0.1) is 18.0 Å². The number of nitrogens with two attached hydrogens (primary N) is 1. The number of carboxylic acids is 1. The number of carbonyl (C=O) groups excluding carboxylic acids is 1. The summed E-state index contributed by atoms with van der Waals surface area (Å²) in [6.45, 7) is 1.36. The summed E-state index contributed by atoms with van der Waals surface area (Å²) in [5.41, 5.74) is 6.42. The fourth-order valence-corrected chi connectivity index (χ4v) is 1.87. The minimum absolute atomic E-state index is 0.0936. The summed E-state index contributed by atoms with van der Waals surface area (Å²) < 4.78 is 0. The fourth-order valence-electron chi connectivity index (χ4n) is 1.87. The molecule has 1 aromatic rings. The molecule has 0 saturated heterocycles. The summed E-state index contributed by atoms with van der Waals surface area (Å²) in [7, 11) is -1.77. The molecule has 0 aliphatic heterocycles. The molecule has 8 heteroatoms. The molecule has 6 N–H and O–H groups in total. The highest BCUT2D eigenvalue weighted by Gasteiger charge is 2.26. The van der Waals surface area contributed by atoms with Crippen molar-refractivity contribution in [2.75, 3.05) is 6.54 Å². The monoisotopic (exact) mass is 280 g/mol. The highest BCUT2D eigenvalue weighted by Crippen LogP contribution is 2.16. The first-order chi connectivity index (χ1) is 9.36. The minimum atomic E-state index is -1.77. The second-order valence-corrected chi connectivity index (χ2v) is 4.39. The van der Waals surface area contributed by atoms with Gasteiger partial charge in [-0.1, -0.05) is 12.1 Å². The van der Waals surface area contributed by atoms with Crippen molar-refractivity contribution in [2.45, 2.75) is 19.3 Å². The van der Waals surface area contributed by atoms with Crippen molar-refractivity contribution in [3.63, 3.8) is 0 Å². The molecule has 1 amide bonds. The Morgan fingerprint density at radius 3 is 2.55 bits per heavy atom. The van der Waals surface area contributed by atoms with Crippen LogP contribution in [0.1, 0.15) is 21.5 Å². The summed E-state index contributed by atoms with van der Waals surface area (Å²) in [5, 5.41) is 30.0. The van der Waals surface area contributed by atoms with Gasteiger partial charge in [0.1, 0.15) is 0 Å². The van der Waals surface area contributed by atoms with E-state index >= 15 is 0 Å². The molecule has 0 bridgehead atoms. The Labute approximate surface area is 116 Å². The molecular formula is C12H17BN2O5. The number of hydrogen-bond donors (Lipinski definition) is 5. The second-order valence-electron chi connectivity index (χ2n) is 4.39. The molecule has 1 aromatic carbocycles. The lowest BCUT2D eigenvalue weighted by molar-refractivity contribution is -0.120. The third kappa shape index (κ3) is 4.05. The van der Waals surface area contributed by atoms with Gasteiger partial charge in [-0.25, -0.2) is 4.79 Å². The maximum Gasteiger partial charge on any atom is 0.475 e. The van der Waals surface area contributed by atoms with E-state index in [4.69, 9.17) is 10.8 Å². The summed E-state index contributed by atoms with van der Waals surface area (Å²) in [6.07, 6.45) is 0.0936. The third-order valence-corrected chi connectivity index (χ3v) is 3.01. The average Bonchev–Trinajstić information content (AvgIpc) is 2.39. The molecule has 0 saturated carbocycles. The van der Waals surface area contributed by atoms with Crippen LogP contribution >= 0.6 is 0 Å². The molecule has 0 aromatic heterocycles. The van der Waals surface area contributed by atoms with Gasteiger partial charge in [0, 0.05) is 0 Å². The number of amides is 1. The zero-order valence-corrected chi connectivity index (χ0v) is 11.0. The molecule has 0 heterocycles. The van der Waals surface area contributed by atoms with Crippen molar-refractivity contribution in [1.29, 1.82) is 0 Å². The Kier molecular flexibility index (Phi) is 5.69. The van der Waals surface area contributed by atoms with Gasteiger partial charge in [-0.3, -0.25) is 4.79 Å². The van der Waals surface area contributed by atoms with E-state index in [-0.39, 0.29) is 18.5 Å². The Balaban J connectivity index is 2.97. The van der Waals surface area contributed by atoms with Crippen LogP contribution in [0.2, 0.25) is 0 Å². The Morgan fingerprint density at radius 2 is 2.05 bits per heavy atom. The molecule has 108 valence electrons. The van der Waals surface area contributed by atoms with Crippen molar-refractivity contribution >= 4 is 19.0 Å². The Bertz CT molecular complexity index is 507. The van der Waals surface area contributed by atoms with E-state index in [1.165, 1.54) is 6.07 Å². The number of carboxylic acid groups (broad SMARTS) is 1. The van der Waals surface area contributed by atoms with Crippen LogP contribution in [0.25, 0.3) is 0 Å². The highest BCUT2D eigenvalue weighted by atomic mass is 16.4. The van der Waals surface area contributed by atoms with Crippen molar-refractivity contribution in [3.05, 3.63) is 34.9 Å². The molecule has 1 rings (SSSR count). The van der Waals surface area contributed by atoms with Crippen LogP contribution in [0.3, 0.4) is 0 Å². The van der Waals surface area contributed by atoms with Gasteiger partial charge in [-0.2, -0.15) is 0 Å². The van der Waals surface area contributed by atoms with Gasteiger partial charge in [0.25, 0.3) is 0 Å². The predicted molar refractivity (Wildman–Crippen MR) is 73.0 cm³/mol. The van der Waals surface area contributed by atoms with Gasteiger partial charge < -0.3 is 26.2 Å². The molecule has 20 heavy (non-hydrogen) atoms. The summed E-state index contributed by atoms with van der Waals surface area (Å²) in [4.78, 5) is 22.3. The van der Waals surface area contributed by atoms with Crippen LogP contribution in [-0.4, -0.2) is 46.6 Å². The van der Waals surface area contributed by atoms with E-state index in [2.05, 4.69) is 5.32 Å². The molecular weight excluding hydrogens is 263 g/mol. The SMILES string of the molecule is Cc1c(CC(NC(=O)CN)B(O)O)cccc1C(=O)O. The first-order valence-electron chi connectivity index (χ1n) is 6.04.